The first-order valence-corrected chi connectivity index (χ1v) is 11.2. The Hall–Kier alpha value is -4.00. The SMILES string of the molecule is C=CC(=O)C(CO)c1ccc(N(c2ccc(OC)cc2)c2ccc(C(CO)C(=O)C=C)cc2)cc1. The molecule has 3 rings (SSSR count). The first-order valence-electron chi connectivity index (χ1n) is 11.2. The highest BCUT2D eigenvalue weighted by Crippen LogP contribution is 2.36. The number of allylic oxidation sites excluding steroid dienone is 2. The van der Waals surface area contributed by atoms with Gasteiger partial charge in [-0.25, -0.2) is 0 Å². The summed E-state index contributed by atoms with van der Waals surface area (Å²) in [6, 6.07) is 22.3. The zero-order valence-corrected chi connectivity index (χ0v) is 19.6. The van der Waals surface area contributed by atoms with Crippen LogP contribution in [-0.4, -0.2) is 42.1 Å². The number of hydrogen-bond donors (Lipinski definition) is 2. The van der Waals surface area contributed by atoms with Gasteiger partial charge in [-0.1, -0.05) is 37.4 Å². The fraction of sp³-hybridized carbons (Fsp3) is 0.172. The molecule has 6 heteroatoms. The van der Waals surface area contributed by atoms with Crippen LogP contribution in [0, 0.1) is 0 Å². The van der Waals surface area contributed by atoms with Gasteiger partial charge in [-0.2, -0.15) is 0 Å². The molecule has 2 unspecified atom stereocenters. The number of methoxy groups -OCH3 is 1. The predicted octanol–water partition coefficient (Wildman–Crippen LogP) is 4.83. The van der Waals surface area contributed by atoms with E-state index in [0.29, 0.717) is 11.1 Å². The van der Waals surface area contributed by atoms with Crippen LogP contribution in [0.15, 0.2) is 98.1 Å². The number of rotatable bonds is 12. The topological polar surface area (TPSA) is 87.1 Å². The van der Waals surface area contributed by atoms with Crippen LogP contribution in [0.2, 0.25) is 0 Å². The number of ether oxygens (including phenoxy) is 1. The lowest BCUT2D eigenvalue weighted by molar-refractivity contribution is -0.117. The Bertz CT molecular complexity index is 1100. The van der Waals surface area contributed by atoms with Gasteiger partial charge >= 0.3 is 0 Å². The van der Waals surface area contributed by atoms with Crippen molar-refractivity contribution in [1.29, 1.82) is 0 Å². The first kappa shape index (κ1) is 25.6. The Kier molecular flexibility index (Phi) is 8.73. The fourth-order valence-electron chi connectivity index (χ4n) is 3.89. The van der Waals surface area contributed by atoms with Gasteiger partial charge in [0.2, 0.25) is 0 Å². The Labute approximate surface area is 205 Å². The van der Waals surface area contributed by atoms with Gasteiger partial charge in [-0.3, -0.25) is 9.59 Å². The molecular weight excluding hydrogens is 442 g/mol. The van der Waals surface area contributed by atoms with Crippen molar-refractivity contribution in [2.75, 3.05) is 25.2 Å². The minimum Gasteiger partial charge on any atom is -0.497 e. The third-order valence-electron chi connectivity index (χ3n) is 5.89. The van der Waals surface area contributed by atoms with Crippen molar-refractivity contribution in [3.63, 3.8) is 0 Å². The molecule has 0 heterocycles. The summed E-state index contributed by atoms with van der Waals surface area (Å²) in [5, 5.41) is 19.3. The second-order valence-corrected chi connectivity index (χ2v) is 7.90. The predicted molar refractivity (Wildman–Crippen MR) is 138 cm³/mol. The lowest BCUT2D eigenvalue weighted by Crippen LogP contribution is -2.15. The van der Waals surface area contributed by atoms with Crippen LogP contribution < -0.4 is 9.64 Å². The average Bonchev–Trinajstić information content (AvgIpc) is 2.91. The van der Waals surface area contributed by atoms with Gasteiger partial charge in [0.1, 0.15) is 5.75 Å². The molecule has 2 N–H and O–H groups in total. The highest BCUT2D eigenvalue weighted by Gasteiger charge is 2.20. The van der Waals surface area contributed by atoms with Crippen LogP contribution in [0.3, 0.4) is 0 Å². The van der Waals surface area contributed by atoms with Crippen molar-refractivity contribution in [3.8, 4) is 5.75 Å². The third-order valence-corrected chi connectivity index (χ3v) is 5.89. The number of hydrogen-bond acceptors (Lipinski definition) is 6. The maximum Gasteiger partial charge on any atom is 0.164 e. The lowest BCUT2D eigenvalue weighted by Gasteiger charge is -2.26. The van der Waals surface area contributed by atoms with Gasteiger partial charge in [0.25, 0.3) is 0 Å². The number of ketones is 2. The molecule has 0 saturated carbocycles. The molecule has 0 aliphatic rings. The normalized spacial score (nSPS) is 12.3. The quantitative estimate of drug-likeness (QED) is 0.368. The zero-order valence-electron chi connectivity index (χ0n) is 19.6. The maximum absolute atomic E-state index is 12.1. The Balaban J connectivity index is 2.03. The average molecular weight is 472 g/mol. The van der Waals surface area contributed by atoms with Crippen molar-refractivity contribution in [2.24, 2.45) is 0 Å². The molecule has 2 atom stereocenters. The molecule has 6 nitrogen and oxygen atoms in total. The monoisotopic (exact) mass is 471 g/mol. The van der Waals surface area contributed by atoms with E-state index in [4.69, 9.17) is 4.74 Å². The van der Waals surface area contributed by atoms with Crippen molar-refractivity contribution >= 4 is 28.6 Å². The molecule has 3 aromatic carbocycles. The number of aliphatic hydroxyl groups is 2. The Morgan fingerprint density at radius 2 is 1.09 bits per heavy atom. The smallest absolute Gasteiger partial charge is 0.164 e. The van der Waals surface area contributed by atoms with Crippen LogP contribution in [-0.2, 0) is 9.59 Å². The van der Waals surface area contributed by atoms with E-state index < -0.39 is 11.8 Å². The molecule has 0 fully saturated rings. The van der Waals surface area contributed by atoms with E-state index in [1.165, 1.54) is 12.2 Å². The van der Waals surface area contributed by atoms with Crippen LogP contribution in [0.5, 0.6) is 5.75 Å². The molecular formula is C29H29NO5. The van der Waals surface area contributed by atoms with E-state index in [9.17, 15) is 19.8 Å². The highest BCUT2D eigenvalue weighted by molar-refractivity contribution is 5.95. The molecule has 0 aliphatic carbocycles. The minimum absolute atomic E-state index is 0.240. The van der Waals surface area contributed by atoms with E-state index in [1.54, 1.807) is 7.11 Å². The summed E-state index contributed by atoms with van der Waals surface area (Å²) < 4.78 is 5.29. The largest absolute Gasteiger partial charge is 0.497 e. The zero-order chi connectivity index (χ0) is 25.4. The van der Waals surface area contributed by atoms with Crippen molar-refractivity contribution in [2.45, 2.75) is 11.8 Å². The van der Waals surface area contributed by atoms with E-state index in [1.807, 2.05) is 77.7 Å². The number of anilines is 3. The number of carbonyl (C=O) groups is 2. The molecule has 180 valence electrons. The minimum atomic E-state index is -0.659. The van der Waals surface area contributed by atoms with Gasteiger partial charge in [0.05, 0.1) is 32.2 Å². The molecule has 0 aliphatic heterocycles. The van der Waals surface area contributed by atoms with Gasteiger partial charge in [-0.05, 0) is 71.8 Å². The summed E-state index contributed by atoms with van der Waals surface area (Å²) in [5.41, 5.74) is 3.92. The third kappa shape index (κ3) is 5.74. The Morgan fingerprint density at radius 3 is 1.37 bits per heavy atom. The number of benzene rings is 3. The van der Waals surface area contributed by atoms with E-state index in [0.717, 1.165) is 22.8 Å². The van der Waals surface area contributed by atoms with Crippen LogP contribution in [0.4, 0.5) is 17.1 Å². The summed E-state index contributed by atoms with van der Waals surface area (Å²) in [5.74, 6) is -1.08. The second kappa shape index (κ2) is 11.9. The van der Waals surface area contributed by atoms with Crippen LogP contribution in [0.25, 0.3) is 0 Å². The molecule has 0 saturated heterocycles. The maximum atomic E-state index is 12.1. The Morgan fingerprint density at radius 1 is 0.743 bits per heavy atom. The molecule has 3 aromatic rings. The van der Waals surface area contributed by atoms with Gasteiger partial charge in [-0.15, -0.1) is 0 Å². The van der Waals surface area contributed by atoms with Crippen molar-refractivity contribution in [3.05, 3.63) is 109 Å². The van der Waals surface area contributed by atoms with E-state index >= 15 is 0 Å². The molecule has 0 amide bonds. The first-order chi connectivity index (χ1) is 17.0. The fourth-order valence-corrected chi connectivity index (χ4v) is 3.89. The van der Waals surface area contributed by atoms with E-state index in [2.05, 4.69) is 13.2 Å². The summed E-state index contributed by atoms with van der Waals surface area (Å²) in [6.07, 6.45) is 2.44. The lowest BCUT2D eigenvalue weighted by atomic mass is 9.94. The molecule has 0 radical (unpaired) electrons. The summed E-state index contributed by atoms with van der Waals surface area (Å²) in [6.45, 7) is 6.42. The molecule has 0 aromatic heterocycles. The van der Waals surface area contributed by atoms with Gasteiger partial charge < -0.3 is 19.8 Å². The van der Waals surface area contributed by atoms with Crippen LogP contribution in [0.1, 0.15) is 23.0 Å². The summed E-state index contributed by atoms with van der Waals surface area (Å²) in [7, 11) is 1.61. The van der Waals surface area contributed by atoms with Gasteiger partial charge in [0, 0.05) is 17.1 Å². The summed E-state index contributed by atoms with van der Waals surface area (Å²) >= 11 is 0. The summed E-state index contributed by atoms with van der Waals surface area (Å²) in [4.78, 5) is 26.2. The van der Waals surface area contributed by atoms with Crippen molar-refractivity contribution in [1.82, 2.24) is 0 Å². The van der Waals surface area contributed by atoms with E-state index in [-0.39, 0.29) is 24.8 Å². The number of aliphatic hydroxyl groups excluding tert-OH is 2. The van der Waals surface area contributed by atoms with Crippen molar-refractivity contribution < 1.29 is 24.5 Å². The number of carbonyl (C=O) groups excluding carboxylic acids is 2. The standard InChI is InChI=1S/C29H29NO5/c1-4-28(33)26(18-31)20-6-10-22(11-7-20)30(24-14-16-25(35-3)17-15-24)23-12-8-21(9-13-23)27(19-32)29(34)5-2/h4-17,26-27,31-32H,1-2,18-19H2,3H3. The molecule has 0 spiro atoms. The number of nitrogens with zero attached hydrogens (tertiary/aromatic N) is 1. The second-order valence-electron chi connectivity index (χ2n) is 7.90. The van der Waals surface area contributed by atoms with Gasteiger partial charge in [0.15, 0.2) is 11.6 Å². The van der Waals surface area contributed by atoms with Crippen LogP contribution >= 0.6 is 0 Å². The molecule has 35 heavy (non-hydrogen) atoms. The molecule has 0 bridgehead atoms. The highest BCUT2D eigenvalue weighted by atomic mass is 16.5.